The minimum Gasteiger partial charge on any atom is -0.456 e. The van der Waals surface area contributed by atoms with Gasteiger partial charge in [0.1, 0.15) is 11.2 Å². The van der Waals surface area contributed by atoms with E-state index in [9.17, 15) is 0 Å². The Bertz CT molecular complexity index is 1000. The standard InChI is InChI=1S/C20H15NO/c1-13-6-8-21-9-7-14-11-20-17(12-16(14)18(21)10-13)15-4-2-3-5-19(15)22-20/h2-12,18H,1H3. The van der Waals surface area contributed by atoms with E-state index in [1.807, 2.05) is 12.1 Å². The van der Waals surface area contributed by atoms with Crippen LogP contribution in [0.2, 0.25) is 0 Å². The van der Waals surface area contributed by atoms with E-state index in [0.29, 0.717) is 0 Å². The van der Waals surface area contributed by atoms with Crippen LogP contribution in [0.4, 0.5) is 0 Å². The summed E-state index contributed by atoms with van der Waals surface area (Å²) in [6.07, 6.45) is 10.9. The van der Waals surface area contributed by atoms with E-state index in [1.54, 1.807) is 0 Å². The summed E-state index contributed by atoms with van der Waals surface area (Å²) in [5.41, 5.74) is 5.80. The van der Waals surface area contributed by atoms with E-state index in [1.165, 1.54) is 27.5 Å². The predicted octanol–water partition coefficient (Wildman–Crippen LogP) is 5.39. The van der Waals surface area contributed by atoms with E-state index in [-0.39, 0.29) is 6.04 Å². The molecule has 0 aliphatic carbocycles. The van der Waals surface area contributed by atoms with Gasteiger partial charge < -0.3 is 9.32 Å². The molecule has 0 radical (unpaired) electrons. The summed E-state index contributed by atoms with van der Waals surface area (Å²) in [7, 11) is 0. The average molecular weight is 285 g/mol. The number of benzene rings is 2. The molecule has 106 valence electrons. The lowest BCUT2D eigenvalue weighted by atomic mass is 9.91. The van der Waals surface area contributed by atoms with Crippen molar-refractivity contribution in [3.05, 3.63) is 77.7 Å². The number of hydrogen-bond donors (Lipinski definition) is 0. The molecule has 1 atom stereocenters. The maximum atomic E-state index is 6.00. The van der Waals surface area contributed by atoms with Crippen molar-refractivity contribution in [3.63, 3.8) is 0 Å². The summed E-state index contributed by atoms with van der Waals surface area (Å²) in [6.45, 7) is 2.15. The minimum atomic E-state index is 0.281. The summed E-state index contributed by atoms with van der Waals surface area (Å²) in [5.74, 6) is 0. The Balaban J connectivity index is 1.82. The summed E-state index contributed by atoms with van der Waals surface area (Å²) >= 11 is 0. The van der Waals surface area contributed by atoms with Crippen LogP contribution in [0.25, 0.3) is 28.0 Å². The second-order valence-corrected chi connectivity index (χ2v) is 6.01. The van der Waals surface area contributed by atoms with Gasteiger partial charge in [0.25, 0.3) is 0 Å². The van der Waals surface area contributed by atoms with Crippen LogP contribution in [0.5, 0.6) is 0 Å². The molecule has 5 rings (SSSR count). The Morgan fingerprint density at radius 1 is 0.955 bits per heavy atom. The molecule has 0 spiro atoms. The zero-order chi connectivity index (χ0) is 14.7. The first-order valence-corrected chi connectivity index (χ1v) is 7.57. The van der Waals surface area contributed by atoms with E-state index in [0.717, 1.165) is 11.2 Å². The van der Waals surface area contributed by atoms with Gasteiger partial charge in [-0.3, -0.25) is 0 Å². The Kier molecular flexibility index (Phi) is 2.23. The van der Waals surface area contributed by atoms with E-state index in [2.05, 4.69) is 66.7 Å². The molecule has 2 aliphatic rings. The van der Waals surface area contributed by atoms with E-state index in [4.69, 9.17) is 4.42 Å². The van der Waals surface area contributed by atoms with Crippen molar-refractivity contribution in [2.45, 2.75) is 13.0 Å². The lowest BCUT2D eigenvalue weighted by molar-refractivity contribution is 0.427. The van der Waals surface area contributed by atoms with Gasteiger partial charge in [0.15, 0.2) is 0 Å². The highest BCUT2D eigenvalue weighted by Crippen LogP contribution is 2.39. The summed E-state index contributed by atoms with van der Waals surface area (Å²) in [6, 6.07) is 13.0. The molecule has 1 unspecified atom stereocenters. The molecule has 2 aliphatic heterocycles. The fourth-order valence-electron chi connectivity index (χ4n) is 3.45. The number of para-hydroxylation sites is 1. The smallest absolute Gasteiger partial charge is 0.136 e. The van der Waals surface area contributed by atoms with Crippen LogP contribution in [0.15, 0.2) is 70.9 Å². The molecule has 0 fully saturated rings. The van der Waals surface area contributed by atoms with Crippen molar-refractivity contribution in [1.29, 1.82) is 0 Å². The van der Waals surface area contributed by atoms with Gasteiger partial charge in [0, 0.05) is 23.2 Å². The second-order valence-electron chi connectivity index (χ2n) is 6.01. The first-order chi connectivity index (χ1) is 10.8. The van der Waals surface area contributed by atoms with Gasteiger partial charge in [-0.25, -0.2) is 0 Å². The van der Waals surface area contributed by atoms with Crippen LogP contribution in [0, 0.1) is 0 Å². The molecule has 3 heterocycles. The fraction of sp³-hybridized carbons (Fsp3) is 0.100. The molecular weight excluding hydrogens is 270 g/mol. The summed E-state index contributed by atoms with van der Waals surface area (Å²) in [4.78, 5) is 2.25. The number of allylic oxidation sites excluding steroid dienone is 2. The van der Waals surface area contributed by atoms with Crippen LogP contribution in [0.3, 0.4) is 0 Å². The third-order valence-electron chi connectivity index (χ3n) is 4.58. The molecular formula is C20H15NO. The van der Waals surface area contributed by atoms with Gasteiger partial charge in [-0.05, 0) is 48.4 Å². The number of nitrogens with zero attached hydrogens (tertiary/aromatic N) is 1. The maximum Gasteiger partial charge on any atom is 0.136 e. The van der Waals surface area contributed by atoms with E-state index < -0.39 is 0 Å². The van der Waals surface area contributed by atoms with Crippen LogP contribution >= 0.6 is 0 Å². The average Bonchev–Trinajstić information content (AvgIpc) is 2.90. The quantitative estimate of drug-likeness (QED) is 0.551. The molecule has 0 N–H and O–H groups in total. The maximum absolute atomic E-state index is 6.00. The largest absolute Gasteiger partial charge is 0.456 e. The lowest BCUT2D eigenvalue weighted by Crippen LogP contribution is -2.22. The molecule has 0 bridgehead atoms. The SMILES string of the molecule is CC1=CC2c3cc4c(cc3C=CN2C=C1)oc1ccccc14. The molecule has 2 nitrogen and oxygen atoms in total. The predicted molar refractivity (Wildman–Crippen MR) is 90.2 cm³/mol. The lowest BCUT2D eigenvalue weighted by Gasteiger charge is -2.33. The van der Waals surface area contributed by atoms with Crippen LogP contribution in [-0.2, 0) is 0 Å². The number of fused-ring (bicyclic) bond motifs is 6. The van der Waals surface area contributed by atoms with Gasteiger partial charge >= 0.3 is 0 Å². The zero-order valence-electron chi connectivity index (χ0n) is 12.3. The number of rotatable bonds is 0. The van der Waals surface area contributed by atoms with Gasteiger partial charge in [0.2, 0.25) is 0 Å². The minimum absolute atomic E-state index is 0.281. The Morgan fingerprint density at radius 3 is 2.77 bits per heavy atom. The zero-order valence-corrected chi connectivity index (χ0v) is 12.3. The van der Waals surface area contributed by atoms with Gasteiger partial charge in [-0.15, -0.1) is 0 Å². The molecule has 3 aromatic rings. The van der Waals surface area contributed by atoms with Gasteiger partial charge in [0.05, 0.1) is 6.04 Å². The molecule has 1 aromatic heterocycles. The highest BCUT2D eigenvalue weighted by atomic mass is 16.3. The summed E-state index contributed by atoms with van der Waals surface area (Å²) < 4.78 is 6.00. The Morgan fingerprint density at radius 2 is 1.82 bits per heavy atom. The van der Waals surface area contributed by atoms with Crippen LogP contribution in [-0.4, -0.2) is 4.90 Å². The molecule has 0 saturated heterocycles. The highest BCUT2D eigenvalue weighted by molar-refractivity contribution is 6.05. The number of furan rings is 1. The van der Waals surface area contributed by atoms with Gasteiger partial charge in [-0.1, -0.05) is 29.8 Å². The summed E-state index contributed by atoms with van der Waals surface area (Å²) in [5, 5.41) is 2.39. The van der Waals surface area contributed by atoms with Crippen LogP contribution < -0.4 is 0 Å². The third-order valence-corrected chi connectivity index (χ3v) is 4.58. The van der Waals surface area contributed by atoms with Crippen molar-refractivity contribution in [2.75, 3.05) is 0 Å². The van der Waals surface area contributed by atoms with Crippen LogP contribution in [0.1, 0.15) is 24.1 Å². The van der Waals surface area contributed by atoms with Crippen molar-refractivity contribution in [3.8, 4) is 0 Å². The molecule has 0 amide bonds. The van der Waals surface area contributed by atoms with E-state index >= 15 is 0 Å². The molecule has 2 aromatic carbocycles. The topological polar surface area (TPSA) is 16.4 Å². The molecule has 22 heavy (non-hydrogen) atoms. The second kappa shape index (κ2) is 4.14. The molecule has 2 heteroatoms. The highest BCUT2D eigenvalue weighted by Gasteiger charge is 2.23. The van der Waals surface area contributed by atoms with Crippen molar-refractivity contribution in [1.82, 2.24) is 4.90 Å². The fourth-order valence-corrected chi connectivity index (χ4v) is 3.45. The Hall–Kier alpha value is -2.74. The van der Waals surface area contributed by atoms with Crippen molar-refractivity contribution < 1.29 is 4.42 Å². The van der Waals surface area contributed by atoms with Crippen molar-refractivity contribution in [2.24, 2.45) is 0 Å². The molecule has 0 saturated carbocycles. The first-order valence-electron chi connectivity index (χ1n) is 7.57. The monoisotopic (exact) mass is 285 g/mol. The van der Waals surface area contributed by atoms with Gasteiger partial charge in [-0.2, -0.15) is 0 Å². The first kappa shape index (κ1) is 11.9. The normalized spacial score (nSPS) is 19.4. The third kappa shape index (κ3) is 1.55. The Labute approximate surface area is 128 Å². The van der Waals surface area contributed by atoms with Crippen molar-refractivity contribution >= 4 is 28.0 Å². The number of hydrogen-bond acceptors (Lipinski definition) is 2.